The number of nitrogens with one attached hydrogen (secondary N) is 1. The van der Waals surface area contributed by atoms with E-state index in [-0.39, 0.29) is 42.9 Å². The third kappa shape index (κ3) is 5.57. The number of piperazine rings is 1. The average Bonchev–Trinajstić information content (AvgIpc) is 3.31. The SMILES string of the molecule is COCCN(C)C(=O)C(c1ccc(F)cc1F)N1C(=O)C(C2Cc3ccccc3C2)NC(=O)C1CC(C)C. The summed E-state index contributed by atoms with van der Waals surface area (Å²) in [4.78, 5) is 44.3. The number of fused-ring (bicyclic) bond motifs is 1. The van der Waals surface area contributed by atoms with Crippen molar-refractivity contribution in [2.45, 2.75) is 51.2 Å². The van der Waals surface area contributed by atoms with Crippen LogP contribution in [0.15, 0.2) is 42.5 Å². The molecule has 3 atom stereocenters. The van der Waals surface area contributed by atoms with Gasteiger partial charge in [0.15, 0.2) is 0 Å². The Labute approximate surface area is 222 Å². The Bertz CT molecular complexity index is 1180. The van der Waals surface area contributed by atoms with E-state index in [0.29, 0.717) is 18.9 Å². The molecule has 1 aliphatic heterocycles. The summed E-state index contributed by atoms with van der Waals surface area (Å²) in [7, 11) is 3.03. The van der Waals surface area contributed by atoms with Crippen molar-refractivity contribution in [3.8, 4) is 0 Å². The van der Waals surface area contributed by atoms with Gasteiger partial charge in [-0.15, -0.1) is 0 Å². The number of amides is 3. The van der Waals surface area contributed by atoms with Gasteiger partial charge in [0, 0.05) is 32.3 Å². The Hall–Kier alpha value is -3.33. The van der Waals surface area contributed by atoms with Crippen molar-refractivity contribution in [2.24, 2.45) is 11.8 Å². The number of rotatable bonds is 9. The predicted octanol–water partition coefficient (Wildman–Crippen LogP) is 3.27. The number of methoxy groups -OCH3 is 1. The lowest BCUT2D eigenvalue weighted by molar-refractivity contribution is -0.160. The number of nitrogens with zero attached hydrogens (tertiary/aromatic N) is 2. The van der Waals surface area contributed by atoms with E-state index >= 15 is 4.39 Å². The molecular weight excluding hydrogens is 492 g/mol. The summed E-state index contributed by atoms with van der Waals surface area (Å²) in [6, 6.07) is 7.54. The third-order valence-corrected chi connectivity index (χ3v) is 7.48. The first-order valence-corrected chi connectivity index (χ1v) is 13.0. The summed E-state index contributed by atoms with van der Waals surface area (Å²) in [6.07, 6.45) is 1.49. The van der Waals surface area contributed by atoms with Crippen LogP contribution in [-0.4, -0.2) is 66.9 Å². The normalized spacial score (nSPS) is 20.4. The fraction of sp³-hybridized carbons (Fsp3) is 0.483. The van der Waals surface area contributed by atoms with Gasteiger partial charge < -0.3 is 19.9 Å². The molecule has 7 nitrogen and oxygen atoms in total. The van der Waals surface area contributed by atoms with Crippen molar-refractivity contribution in [2.75, 3.05) is 27.3 Å². The lowest BCUT2D eigenvalue weighted by atomic mass is 9.87. The molecule has 1 aliphatic carbocycles. The van der Waals surface area contributed by atoms with Gasteiger partial charge in [-0.1, -0.05) is 44.2 Å². The molecule has 0 bridgehead atoms. The zero-order valence-corrected chi connectivity index (χ0v) is 22.2. The van der Waals surface area contributed by atoms with E-state index in [1.54, 1.807) is 0 Å². The molecule has 2 aromatic rings. The zero-order valence-electron chi connectivity index (χ0n) is 22.2. The second kappa shape index (κ2) is 11.6. The van der Waals surface area contributed by atoms with Crippen molar-refractivity contribution < 1.29 is 27.9 Å². The minimum Gasteiger partial charge on any atom is -0.383 e. The highest BCUT2D eigenvalue weighted by Crippen LogP contribution is 2.36. The third-order valence-electron chi connectivity index (χ3n) is 7.48. The van der Waals surface area contributed by atoms with Crippen molar-refractivity contribution >= 4 is 17.7 Å². The fourth-order valence-corrected chi connectivity index (χ4v) is 5.55. The maximum absolute atomic E-state index is 15.2. The molecule has 1 fully saturated rings. The second-order valence-electron chi connectivity index (χ2n) is 10.6. The monoisotopic (exact) mass is 527 g/mol. The van der Waals surface area contributed by atoms with Crippen LogP contribution >= 0.6 is 0 Å². The number of hydrogen-bond acceptors (Lipinski definition) is 4. The van der Waals surface area contributed by atoms with Crippen LogP contribution in [0.4, 0.5) is 8.78 Å². The van der Waals surface area contributed by atoms with Crippen LogP contribution in [0.3, 0.4) is 0 Å². The first-order chi connectivity index (χ1) is 18.1. The molecule has 0 aromatic heterocycles. The highest BCUT2D eigenvalue weighted by Gasteiger charge is 2.50. The van der Waals surface area contributed by atoms with Crippen LogP contribution in [0.5, 0.6) is 0 Å². The summed E-state index contributed by atoms with van der Waals surface area (Å²) >= 11 is 0. The second-order valence-corrected chi connectivity index (χ2v) is 10.6. The van der Waals surface area contributed by atoms with Crippen LogP contribution in [0.2, 0.25) is 0 Å². The summed E-state index contributed by atoms with van der Waals surface area (Å²) in [5.74, 6) is -3.32. The van der Waals surface area contributed by atoms with Gasteiger partial charge in [-0.25, -0.2) is 8.78 Å². The molecule has 0 radical (unpaired) electrons. The van der Waals surface area contributed by atoms with Crippen LogP contribution in [-0.2, 0) is 32.0 Å². The Morgan fingerprint density at radius 2 is 1.79 bits per heavy atom. The molecule has 1 saturated heterocycles. The maximum atomic E-state index is 15.2. The number of halogens is 2. The molecule has 3 unspecified atom stereocenters. The molecule has 4 rings (SSSR count). The molecule has 204 valence electrons. The highest BCUT2D eigenvalue weighted by molar-refractivity contribution is 6.00. The molecule has 2 aliphatic rings. The van der Waals surface area contributed by atoms with Crippen molar-refractivity contribution in [1.82, 2.24) is 15.1 Å². The summed E-state index contributed by atoms with van der Waals surface area (Å²) < 4.78 is 34.2. The van der Waals surface area contributed by atoms with E-state index in [1.165, 1.54) is 30.0 Å². The van der Waals surface area contributed by atoms with E-state index in [0.717, 1.165) is 17.2 Å². The van der Waals surface area contributed by atoms with Gasteiger partial charge >= 0.3 is 0 Å². The first kappa shape index (κ1) is 27.7. The van der Waals surface area contributed by atoms with Crippen LogP contribution < -0.4 is 5.32 Å². The van der Waals surface area contributed by atoms with Crippen LogP contribution in [0.1, 0.15) is 43.0 Å². The van der Waals surface area contributed by atoms with Gasteiger partial charge in [0.2, 0.25) is 17.7 Å². The summed E-state index contributed by atoms with van der Waals surface area (Å²) in [5.41, 5.74) is 2.09. The standard InChI is InChI=1S/C29H35F2N3O4/c1-17(2)13-24-27(35)32-25(20-14-18-7-5-6-8-19(18)15-20)28(36)34(24)26(29(37)33(3)11-12-38-4)22-10-9-21(30)16-23(22)31/h5-10,16-17,20,24-26H,11-15H2,1-4H3,(H,32,35). The molecule has 0 spiro atoms. The summed E-state index contributed by atoms with van der Waals surface area (Å²) in [5, 5.41) is 2.93. The van der Waals surface area contributed by atoms with Crippen molar-refractivity contribution in [3.05, 3.63) is 70.8 Å². The number of likely N-dealkylation sites (N-methyl/N-ethyl adjacent to an activating group) is 1. The number of carbonyl (C=O) groups excluding carboxylic acids is 3. The van der Waals surface area contributed by atoms with E-state index in [2.05, 4.69) is 5.32 Å². The van der Waals surface area contributed by atoms with Crippen molar-refractivity contribution in [1.29, 1.82) is 0 Å². The van der Waals surface area contributed by atoms with Gasteiger partial charge in [0.1, 0.15) is 29.8 Å². The van der Waals surface area contributed by atoms with Crippen molar-refractivity contribution in [3.63, 3.8) is 0 Å². The lowest BCUT2D eigenvalue weighted by Crippen LogP contribution is -2.67. The molecule has 0 saturated carbocycles. The van der Waals surface area contributed by atoms with E-state index in [1.807, 2.05) is 38.1 Å². The minimum absolute atomic E-state index is 0.00775. The van der Waals surface area contributed by atoms with Crippen LogP contribution in [0.25, 0.3) is 0 Å². The molecule has 1 heterocycles. The number of benzene rings is 2. The Balaban J connectivity index is 1.78. The zero-order chi connectivity index (χ0) is 27.6. The van der Waals surface area contributed by atoms with Gasteiger partial charge in [-0.2, -0.15) is 0 Å². The fourth-order valence-electron chi connectivity index (χ4n) is 5.55. The number of carbonyl (C=O) groups is 3. The topological polar surface area (TPSA) is 79.0 Å². The molecule has 1 N–H and O–H groups in total. The van der Waals surface area contributed by atoms with Gasteiger partial charge in [0.05, 0.1) is 6.61 Å². The quantitative estimate of drug-likeness (QED) is 0.543. The lowest BCUT2D eigenvalue weighted by Gasteiger charge is -2.45. The Morgan fingerprint density at radius 3 is 2.37 bits per heavy atom. The van der Waals surface area contributed by atoms with Crippen LogP contribution in [0, 0.1) is 23.5 Å². The molecular formula is C29H35F2N3O4. The van der Waals surface area contributed by atoms with Gasteiger partial charge in [-0.05, 0) is 48.3 Å². The Kier molecular flexibility index (Phi) is 8.45. The van der Waals surface area contributed by atoms with E-state index in [4.69, 9.17) is 4.74 Å². The molecule has 3 amide bonds. The van der Waals surface area contributed by atoms with E-state index < -0.39 is 41.6 Å². The molecule has 9 heteroatoms. The highest BCUT2D eigenvalue weighted by atomic mass is 19.1. The smallest absolute Gasteiger partial charge is 0.249 e. The number of hydrogen-bond donors (Lipinski definition) is 1. The largest absolute Gasteiger partial charge is 0.383 e. The molecule has 2 aromatic carbocycles. The number of ether oxygens (including phenoxy) is 1. The van der Waals surface area contributed by atoms with Gasteiger partial charge in [-0.3, -0.25) is 14.4 Å². The Morgan fingerprint density at radius 1 is 1.13 bits per heavy atom. The van der Waals surface area contributed by atoms with Gasteiger partial charge in [0.25, 0.3) is 0 Å². The average molecular weight is 528 g/mol. The minimum atomic E-state index is -1.44. The first-order valence-electron chi connectivity index (χ1n) is 13.0. The maximum Gasteiger partial charge on any atom is 0.249 e. The predicted molar refractivity (Wildman–Crippen MR) is 138 cm³/mol. The van der Waals surface area contributed by atoms with E-state index in [9.17, 15) is 18.8 Å². The molecule has 38 heavy (non-hydrogen) atoms. The summed E-state index contributed by atoms with van der Waals surface area (Å²) in [6.45, 7) is 4.25.